The molecule has 0 aliphatic carbocycles. The van der Waals surface area contributed by atoms with E-state index in [4.69, 9.17) is 18.9 Å². The van der Waals surface area contributed by atoms with Gasteiger partial charge in [0.25, 0.3) is 5.56 Å². The van der Waals surface area contributed by atoms with Crippen LogP contribution in [0.4, 0.5) is 0 Å². The largest absolute Gasteiger partial charge is 0.463 e. The van der Waals surface area contributed by atoms with Crippen molar-refractivity contribution in [2.24, 2.45) is 14.1 Å². The normalized spacial score (nSPS) is 22.7. The Morgan fingerprint density at radius 1 is 1.00 bits per heavy atom. The van der Waals surface area contributed by atoms with Crippen molar-refractivity contribution in [1.29, 1.82) is 0 Å². The van der Waals surface area contributed by atoms with Crippen LogP contribution >= 0.6 is 15.9 Å². The Kier molecular flexibility index (Phi) is 6.55. The van der Waals surface area contributed by atoms with Gasteiger partial charge in [-0.3, -0.25) is 32.9 Å². The van der Waals surface area contributed by atoms with E-state index in [-0.39, 0.29) is 22.5 Å². The standard InChI is InChI=1S/C18H21BrN4O9/c1-7(24)29-6-10-12(30-8(2)25)13(31-9(3)26)16(32-10)23-11-14(20-17(23)19)21(4)18(28)22(5)15(11)27/h10,12-13,16H,6H2,1-5H3. The maximum atomic E-state index is 12.9. The minimum Gasteiger partial charge on any atom is -0.463 e. The van der Waals surface area contributed by atoms with Crippen LogP contribution in [0.5, 0.6) is 0 Å². The van der Waals surface area contributed by atoms with E-state index < -0.39 is 53.7 Å². The highest BCUT2D eigenvalue weighted by Crippen LogP contribution is 2.37. The van der Waals surface area contributed by atoms with Crippen molar-refractivity contribution in [2.45, 2.75) is 45.3 Å². The van der Waals surface area contributed by atoms with E-state index >= 15 is 0 Å². The molecule has 1 aliphatic heterocycles. The van der Waals surface area contributed by atoms with Crippen molar-refractivity contribution < 1.29 is 33.3 Å². The zero-order valence-corrected chi connectivity index (χ0v) is 19.4. The van der Waals surface area contributed by atoms with Gasteiger partial charge in [0.1, 0.15) is 12.7 Å². The highest BCUT2D eigenvalue weighted by molar-refractivity contribution is 9.10. The van der Waals surface area contributed by atoms with Gasteiger partial charge in [-0.25, -0.2) is 9.78 Å². The molecule has 0 radical (unpaired) electrons. The highest BCUT2D eigenvalue weighted by atomic mass is 79.9. The number of fused-ring (bicyclic) bond motifs is 1. The monoisotopic (exact) mass is 516 g/mol. The predicted molar refractivity (Wildman–Crippen MR) is 110 cm³/mol. The van der Waals surface area contributed by atoms with Gasteiger partial charge in [-0.2, -0.15) is 0 Å². The summed E-state index contributed by atoms with van der Waals surface area (Å²) in [4.78, 5) is 64.3. The van der Waals surface area contributed by atoms with Crippen LogP contribution < -0.4 is 11.2 Å². The summed E-state index contributed by atoms with van der Waals surface area (Å²) in [7, 11) is 2.75. The Bertz CT molecular complexity index is 1210. The Hall–Kier alpha value is -3.00. The zero-order valence-electron chi connectivity index (χ0n) is 17.9. The molecule has 3 heterocycles. The molecular formula is C18H21BrN4O9. The van der Waals surface area contributed by atoms with Gasteiger partial charge in [-0.15, -0.1) is 0 Å². The number of hydrogen-bond acceptors (Lipinski definition) is 10. The lowest BCUT2D eigenvalue weighted by atomic mass is 10.1. The molecule has 1 fully saturated rings. The zero-order chi connectivity index (χ0) is 23.9. The lowest BCUT2D eigenvalue weighted by Crippen LogP contribution is -2.41. The van der Waals surface area contributed by atoms with Gasteiger partial charge in [0, 0.05) is 34.9 Å². The molecule has 32 heavy (non-hydrogen) atoms. The molecule has 0 aromatic carbocycles. The number of carbonyl (C=O) groups excluding carboxylic acids is 3. The van der Waals surface area contributed by atoms with Crippen LogP contribution in [0.15, 0.2) is 14.3 Å². The highest BCUT2D eigenvalue weighted by Gasteiger charge is 2.51. The second-order valence-electron chi connectivity index (χ2n) is 7.14. The lowest BCUT2D eigenvalue weighted by molar-refractivity contribution is -0.166. The third kappa shape index (κ3) is 4.19. The topological polar surface area (TPSA) is 150 Å². The number of rotatable bonds is 5. The number of halogens is 1. The van der Waals surface area contributed by atoms with Crippen molar-refractivity contribution in [1.82, 2.24) is 18.7 Å². The summed E-state index contributed by atoms with van der Waals surface area (Å²) in [6.07, 6.45) is -4.58. The Morgan fingerprint density at radius 2 is 1.59 bits per heavy atom. The Morgan fingerprint density at radius 3 is 2.16 bits per heavy atom. The molecule has 0 amide bonds. The molecule has 0 N–H and O–H groups in total. The van der Waals surface area contributed by atoms with E-state index in [0.717, 1.165) is 18.4 Å². The first-order chi connectivity index (χ1) is 14.9. The fourth-order valence-electron chi connectivity index (χ4n) is 3.52. The van der Waals surface area contributed by atoms with Crippen LogP contribution in [0.1, 0.15) is 27.0 Å². The van der Waals surface area contributed by atoms with Gasteiger partial charge < -0.3 is 18.9 Å². The first-order valence-electron chi connectivity index (χ1n) is 9.40. The van der Waals surface area contributed by atoms with Gasteiger partial charge in [-0.1, -0.05) is 0 Å². The summed E-state index contributed by atoms with van der Waals surface area (Å²) in [6.45, 7) is 3.21. The molecule has 1 saturated heterocycles. The maximum absolute atomic E-state index is 12.9. The number of aryl methyl sites for hydroxylation is 1. The van der Waals surface area contributed by atoms with E-state index in [1.807, 2.05) is 0 Å². The van der Waals surface area contributed by atoms with Crippen molar-refractivity contribution >= 4 is 45.0 Å². The third-order valence-electron chi connectivity index (χ3n) is 4.84. The van der Waals surface area contributed by atoms with Crippen LogP contribution in [-0.2, 0) is 47.4 Å². The molecule has 1 aliphatic rings. The minimum absolute atomic E-state index is 0.0154. The van der Waals surface area contributed by atoms with Crippen LogP contribution in [-0.4, -0.2) is 61.5 Å². The Balaban J connectivity index is 2.21. The molecule has 3 rings (SSSR count). The van der Waals surface area contributed by atoms with Crippen LogP contribution in [0, 0.1) is 0 Å². The van der Waals surface area contributed by atoms with E-state index in [0.29, 0.717) is 0 Å². The summed E-state index contributed by atoms with van der Waals surface area (Å²) in [5.41, 5.74) is -1.21. The molecule has 2 aromatic rings. The number of esters is 3. The smallest absolute Gasteiger partial charge is 0.332 e. The van der Waals surface area contributed by atoms with Crippen molar-refractivity contribution in [2.75, 3.05) is 6.61 Å². The number of carbonyl (C=O) groups is 3. The summed E-state index contributed by atoms with van der Waals surface area (Å²) < 4.78 is 25.2. The molecular weight excluding hydrogens is 496 g/mol. The molecule has 0 bridgehead atoms. The van der Waals surface area contributed by atoms with E-state index in [9.17, 15) is 24.0 Å². The van der Waals surface area contributed by atoms with E-state index in [2.05, 4.69) is 20.9 Å². The molecule has 0 spiro atoms. The van der Waals surface area contributed by atoms with Gasteiger partial charge in [-0.05, 0) is 15.9 Å². The molecule has 174 valence electrons. The first-order valence-corrected chi connectivity index (χ1v) is 10.2. The third-order valence-corrected chi connectivity index (χ3v) is 5.40. The maximum Gasteiger partial charge on any atom is 0.332 e. The summed E-state index contributed by atoms with van der Waals surface area (Å²) in [6, 6.07) is 0. The van der Waals surface area contributed by atoms with E-state index in [1.165, 1.54) is 30.2 Å². The summed E-state index contributed by atoms with van der Waals surface area (Å²) in [5.74, 6) is -1.98. The summed E-state index contributed by atoms with van der Waals surface area (Å²) in [5, 5.41) is 0. The number of hydrogen-bond donors (Lipinski definition) is 0. The second kappa shape index (κ2) is 8.86. The number of aromatic nitrogens is 4. The van der Waals surface area contributed by atoms with Crippen LogP contribution in [0.25, 0.3) is 11.2 Å². The number of ether oxygens (including phenoxy) is 4. The average Bonchev–Trinajstić information content (AvgIpc) is 3.20. The van der Waals surface area contributed by atoms with Crippen molar-refractivity contribution in [3.8, 4) is 0 Å². The number of nitrogens with zero attached hydrogens (tertiary/aromatic N) is 4. The minimum atomic E-state index is -1.22. The fourth-order valence-corrected chi connectivity index (χ4v) is 4.07. The van der Waals surface area contributed by atoms with Crippen LogP contribution in [0.3, 0.4) is 0 Å². The molecule has 2 aromatic heterocycles. The van der Waals surface area contributed by atoms with Gasteiger partial charge in [0.2, 0.25) is 0 Å². The fraction of sp³-hybridized carbons (Fsp3) is 0.556. The predicted octanol–water partition coefficient (Wildman–Crippen LogP) is -0.480. The first kappa shape index (κ1) is 23.7. The van der Waals surface area contributed by atoms with Crippen LogP contribution in [0.2, 0.25) is 0 Å². The second-order valence-corrected chi connectivity index (χ2v) is 7.85. The van der Waals surface area contributed by atoms with Crippen molar-refractivity contribution in [3.63, 3.8) is 0 Å². The van der Waals surface area contributed by atoms with Gasteiger partial charge >= 0.3 is 23.6 Å². The molecule has 4 unspecified atom stereocenters. The molecule has 14 heteroatoms. The quantitative estimate of drug-likeness (QED) is 0.289. The number of imidazole rings is 1. The SMILES string of the molecule is CC(=O)OCC1OC(n2c(Br)nc3c2c(=O)n(C)c(=O)n3C)C(OC(C)=O)C1OC(C)=O. The summed E-state index contributed by atoms with van der Waals surface area (Å²) >= 11 is 3.26. The van der Waals surface area contributed by atoms with Gasteiger partial charge in [0.05, 0.1) is 0 Å². The average molecular weight is 517 g/mol. The molecule has 4 atom stereocenters. The lowest BCUT2D eigenvalue weighted by Gasteiger charge is -2.24. The van der Waals surface area contributed by atoms with Crippen molar-refractivity contribution in [3.05, 3.63) is 25.6 Å². The van der Waals surface area contributed by atoms with Gasteiger partial charge in [0.15, 0.2) is 34.3 Å². The molecule has 0 saturated carbocycles. The van der Waals surface area contributed by atoms with E-state index in [1.54, 1.807) is 0 Å². The molecule has 13 nitrogen and oxygen atoms in total. The Labute approximate surface area is 188 Å².